The summed E-state index contributed by atoms with van der Waals surface area (Å²) in [4.78, 5) is 0. The van der Waals surface area contributed by atoms with Gasteiger partial charge in [0.05, 0.1) is 13.2 Å². The minimum Gasteiger partial charge on any atom is -0.383 e. The number of hydrogen-bond acceptors (Lipinski definition) is 5. The number of nitrogens with one attached hydrogen (secondary N) is 1. The van der Waals surface area contributed by atoms with Gasteiger partial charge in [-0.2, -0.15) is 17.0 Å². The van der Waals surface area contributed by atoms with E-state index in [-0.39, 0.29) is 12.4 Å². The van der Waals surface area contributed by atoms with E-state index in [1.807, 2.05) is 0 Å². The molecule has 1 heterocycles. The summed E-state index contributed by atoms with van der Waals surface area (Å²) in [5.74, 6) is 0.567. The van der Waals surface area contributed by atoms with E-state index in [2.05, 4.69) is 12.2 Å². The van der Waals surface area contributed by atoms with Crippen molar-refractivity contribution >= 4 is 22.6 Å². The van der Waals surface area contributed by atoms with Crippen LogP contribution in [0.25, 0.3) is 0 Å². The zero-order valence-corrected chi connectivity index (χ0v) is 16.1. The molecule has 1 aliphatic heterocycles. The number of hydrogen-bond donors (Lipinski definition) is 1. The predicted molar refractivity (Wildman–Crippen MR) is 94.3 cm³/mol. The van der Waals surface area contributed by atoms with Crippen LogP contribution >= 0.6 is 12.4 Å². The molecule has 23 heavy (non-hydrogen) atoms. The van der Waals surface area contributed by atoms with Gasteiger partial charge in [-0.05, 0) is 31.8 Å². The van der Waals surface area contributed by atoms with Crippen molar-refractivity contribution in [3.63, 3.8) is 0 Å². The first kappa shape index (κ1) is 23.0. The fourth-order valence-electron chi connectivity index (χ4n) is 2.58. The summed E-state index contributed by atoms with van der Waals surface area (Å²) in [6.45, 7) is 6.70. The van der Waals surface area contributed by atoms with Crippen molar-refractivity contribution < 1.29 is 17.9 Å². The molecule has 1 fully saturated rings. The maximum absolute atomic E-state index is 12.7. The second-order valence-corrected chi connectivity index (χ2v) is 7.47. The van der Waals surface area contributed by atoms with Crippen LogP contribution in [0, 0.1) is 5.92 Å². The van der Waals surface area contributed by atoms with Crippen molar-refractivity contribution in [2.24, 2.45) is 5.92 Å². The third-order valence-corrected chi connectivity index (χ3v) is 6.03. The molecule has 1 N–H and O–H groups in total. The third-order valence-electron chi connectivity index (χ3n) is 4.00. The monoisotopic (exact) mass is 373 g/mol. The van der Waals surface area contributed by atoms with Gasteiger partial charge in [0.2, 0.25) is 0 Å². The molecule has 0 aromatic heterocycles. The number of piperidine rings is 1. The summed E-state index contributed by atoms with van der Waals surface area (Å²) in [7, 11) is -0.273. The molecule has 0 saturated carbocycles. The molecule has 0 radical (unpaired) electrons. The Morgan fingerprint density at radius 2 is 1.65 bits per heavy atom. The van der Waals surface area contributed by atoms with Gasteiger partial charge in [-0.25, -0.2) is 0 Å². The first-order chi connectivity index (χ1) is 10.6. The van der Waals surface area contributed by atoms with Crippen LogP contribution in [0.2, 0.25) is 0 Å². The van der Waals surface area contributed by atoms with Crippen molar-refractivity contribution in [3.8, 4) is 0 Å². The van der Waals surface area contributed by atoms with E-state index in [0.29, 0.717) is 45.3 Å². The van der Waals surface area contributed by atoms with E-state index in [1.165, 1.54) is 4.31 Å². The topological polar surface area (TPSA) is 71.1 Å². The highest BCUT2D eigenvalue weighted by Crippen LogP contribution is 2.20. The Morgan fingerprint density at radius 1 is 1.13 bits per heavy atom. The Hall–Kier alpha value is 0.0400. The second-order valence-electron chi connectivity index (χ2n) is 5.54. The lowest BCUT2D eigenvalue weighted by molar-refractivity contribution is 0.144. The number of nitrogens with zero attached hydrogens (tertiary/aromatic N) is 2. The summed E-state index contributed by atoms with van der Waals surface area (Å²) in [6.07, 6.45) is 1.82. The Labute approximate surface area is 147 Å². The fraction of sp³-hybridized carbons (Fsp3) is 1.00. The smallest absolute Gasteiger partial charge is 0.282 e. The molecule has 7 nitrogen and oxygen atoms in total. The predicted octanol–water partition coefficient (Wildman–Crippen LogP) is 0.569. The minimum atomic E-state index is -3.43. The molecule has 9 heteroatoms. The average molecular weight is 374 g/mol. The Kier molecular flexibility index (Phi) is 12.4. The van der Waals surface area contributed by atoms with Crippen LogP contribution in [0.5, 0.6) is 0 Å². The summed E-state index contributed by atoms with van der Waals surface area (Å²) in [5, 5.41) is 3.34. The van der Waals surface area contributed by atoms with Crippen molar-refractivity contribution in [2.45, 2.75) is 19.8 Å². The molecule has 0 aliphatic carbocycles. The molecule has 140 valence electrons. The number of halogens is 1. The number of methoxy groups -OCH3 is 2. The molecule has 1 rings (SSSR count). The van der Waals surface area contributed by atoms with Crippen LogP contribution in [0.3, 0.4) is 0 Å². The first-order valence-corrected chi connectivity index (χ1v) is 9.39. The quantitative estimate of drug-likeness (QED) is 0.573. The van der Waals surface area contributed by atoms with E-state index in [0.717, 1.165) is 25.9 Å². The van der Waals surface area contributed by atoms with Gasteiger partial charge in [-0.3, -0.25) is 0 Å². The minimum absolute atomic E-state index is 0. The maximum Gasteiger partial charge on any atom is 0.282 e. The molecule has 0 spiro atoms. The van der Waals surface area contributed by atoms with Gasteiger partial charge in [-0.1, -0.05) is 6.92 Å². The van der Waals surface area contributed by atoms with E-state index >= 15 is 0 Å². The fourth-order valence-corrected chi connectivity index (χ4v) is 4.19. The third kappa shape index (κ3) is 7.64. The summed E-state index contributed by atoms with van der Waals surface area (Å²) in [5.41, 5.74) is 0. The second kappa shape index (κ2) is 12.4. The lowest BCUT2D eigenvalue weighted by Crippen LogP contribution is -2.49. The van der Waals surface area contributed by atoms with Gasteiger partial charge in [0, 0.05) is 40.4 Å². The molecule has 0 amide bonds. The van der Waals surface area contributed by atoms with Crippen molar-refractivity contribution in [3.05, 3.63) is 0 Å². The van der Waals surface area contributed by atoms with Gasteiger partial charge in [0.25, 0.3) is 10.2 Å². The van der Waals surface area contributed by atoms with Crippen molar-refractivity contribution in [2.75, 3.05) is 66.7 Å². The van der Waals surface area contributed by atoms with E-state index < -0.39 is 10.2 Å². The highest BCUT2D eigenvalue weighted by Gasteiger charge is 2.32. The molecule has 1 aliphatic rings. The van der Waals surface area contributed by atoms with Crippen LogP contribution in [0.4, 0.5) is 0 Å². The van der Waals surface area contributed by atoms with Crippen molar-refractivity contribution in [1.82, 2.24) is 13.9 Å². The number of ether oxygens (including phenoxy) is 2. The highest BCUT2D eigenvalue weighted by molar-refractivity contribution is 7.86. The summed E-state index contributed by atoms with van der Waals surface area (Å²) < 4.78 is 38.6. The van der Waals surface area contributed by atoms with Crippen LogP contribution in [0.15, 0.2) is 0 Å². The van der Waals surface area contributed by atoms with Gasteiger partial charge < -0.3 is 14.8 Å². The lowest BCUT2D eigenvalue weighted by Gasteiger charge is -2.35. The van der Waals surface area contributed by atoms with E-state index in [4.69, 9.17) is 9.47 Å². The number of rotatable bonds is 11. The van der Waals surface area contributed by atoms with E-state index in [9.17, 15) is 8.42 Å². The molecule has 0 atom stereocenters. The molecule has 0 aromatic rings. The van der Waals surface area contributed by atoms with Gasteiger partial charge in [0.1, 0.15) is 0 Å². The Bertz CT molecular complexity index is 381. The first-order valence-electron chi connectivity index (χ1n) is 8.00. The largest absolute Gasteiger partial charge is 0.383 e. The Balaban J connectivity index is 0.00000484. The maximum atomic E-state index is 12.7. The van der Waals surface area contributed by atoms with Gasteiger partial charge >= 0.3 is 0 Å². The lowest BCUT2D eigenvalue weighted by atomic mass is 9.98. The SMILES string of the molecule is CCNCC1CCN(S(=O)(=O)N(CCOC)CCOC)CC1.Cl. The van der Waals surface area contributed by atoms with Gasteiger partial charge in [-0.15, -0.1) is 12.4 Å². The molecule has 0 bridgehead atoms. The average Bonchev–Trinajstić information content (AvgIpc) is 2.53. The molecule has 0 aromatic carbocycles. The van der Waals surface area contributed by atoms with Gasteiger partial charge in [0.15, 0.2) is 0 Å². The molecular weight excluding hydrogens is 342 g/mol. The normalized spacial score (nSPS) is 17.4. The van der Waals surface area contributed by atoms with Crippen LogP contribution in [0.1, 0.15) is 19.8 Å². The van der Waals surface area contributed by atoms with Crippen LogP contribution in [-0.2, 0) is 19.7 Å². The molecule has 0 unspecified atom stereocenters. The van der Waals surface area contributed by atoms with E-state index in [1.54, 1.807) is 18.5 Å². The zero-order chi connectivity index (χ0) is 16.4. The summed E-state index contributed by atoms with van der Waals surface area (Å²) in [6, 6.07) is 0. The Morgan fingerprint density at radius 3 is 2.09 bits per heavy atom. The standard InChI is InChI=1S/C14H31N3O4S.ClH/c1-4-15-13-14-5-7-16(8-6-14)22(18,19)17(9-11-20-2)10-12-21-3;/h14-15H,4-13H2,1-3H3;1H. The van der Waals surface area contributed by atoms with Crippen LogP contribution in [-0.4, -0.2) is 83.7 Å². The zero-order valence-electron chi connectivity index (χ0n) is 14.5. The highest BCUT2D eigenvalue weighted by atomic mass is 35.5. The van der Waals surface area contributed by atoms with Crippen molar-refractivity contribution in [1.29, 1.82) is 0 Å². The van der Waals surface area contributed by atoms with Crippen LogP contribution < -0.4 is 5.32 Å². The molecular formula is C14H32ClN3O4S. The summed E-state index contributed by atoms with van der Waals surface area (Å²) >= 11 is 0. The molecule has 1 saturated heterocycles.